The zero-order valence-electron chi connectivity index (χ0n) is 12.0. The van der Waals surface area contributed by atoms with Gasteiger partial charge in [-0.2, -0.15) is 4.31 Å². The molecule has 0 aliphatic carbocycles. The van der Waals surface area contributed by atoms with Crippen LogP contribution in [0, 0.1) is 0 Å². The van der Waals surface area contributed by atoms with Gasteiger partial charge in [0, 0.05) is 31.5 Å². The maximum absolute atomic E-state index is 12.6. The van der Waals surface area contributed by atoms with Crippen LogP contribution in [0.2, 0.25) is 5.02 Å². The predicted molar refractivity (Wildman–Crippen MR) is 93.7 cm³/mol. The summed E-state index contributed by atoms with van der Waals surface area (Å²) < 4.78 is 33.7. The highest BCUT2D eigenvalue weighted by atomic mass is 79.9. The third kappa shape index (κ3) is 3.88. The van der Waals surface area contributed by atoms with Gasteiger partial charge in [-0.15, -0.1) is 11.3 Å². The minimum Gasteiger partial charge on any atom is -0.489 e. The van der Waals surface area contributed by atoms with E-state index in [2.05, 4.69) is 20.9 Å². The Labute approximate surface area is 152 Å². The largest absolute Gasteiger partial charge is 0.489 e. The smallest absolute Gasteiger partial charge is 0.252 e. The van der Waals surface area contributed by atoms with Crippen LogP contribution in [0.5, 0.6) is 5.75 Å². The average molecular weight is 438 g/mol. The molecule has 5 nitrogen and oxygen atoms in total. The summed E-state index contributed by atoms with van der Waals surface area (Å²) >= 11 is 10.6. The number of sulfonamides is 1. The summed E-state index contributed by atoms with van der Waals surface area (Å²) in [4.78, 5) is 3.92. The summed E-state index contributed by atoms with van der Waals surface area (Å²) in [6.45, 7) is 0.871. The zero-order chi connectivity index (χ0) is 16.4. The lowest BCUT2D eigenvalue weighted by atomic mass is 10.1. The normalized spacial score (nSPS) is 17.3. The minimum atomic E-state index is -3.42. The Morgan fingerprint density at radius 3 is 2.65 bits per heavy atom. The lowest BCUT2D eigenvalue weighted by Gasteiger charge is -2.31. The van der Waals surface area contributed by atoms with Gasteiger partial charge in [0.25, 0.3) is 10.0 Å². The number of nitrogens with zero attached hydrogens (tertiary/aromatic N) is 2. The highest BCUT2D eigenvalue weighted by Crippen LogP contribution is 2.31. The monoisotopic (exact) mass is 436 g/mol. The van der Waals surface area contributed by atoms with Crippen molar-refractivity contribution in [2.75, 3.05) is 13.1 Å². The van der Waals surface area contributed by atoms with Gasteiger partial charge in [-0.05, 0) is 40.9 Å². The van der Waals surface area contributed by atoms with Crippen LogP contribution in [0.1, 0.15) is 12.8 Å². The van der Waals surface area contributed by atoms with Gasteiger partial charge in [0.15, 0.2) is 0 Å². The molecule has 0 amide bonds. The van der Waals surface area contributed by atoms with Crippen molar-refractivity contribution in [1.29, 1.82) is 0 Å². The first-order chi connectivity index (χ1) is 11.0. The highest BCUT2D eigenvalue weighted by Gasteiger charge is 2.31. The quantitative estimate of drug-likeness (QED) is 0.730. The molecule has 124 valence electrons. The summed E-state index contributed by atoms with van der Waals surface area (Å²) in [5.74, 6) is 0.588. The van der Waals surface area contributed by atoms with Gasteiger partial charge in [-0.1, -0.05) is 11.6 Å². The fraction of sp³-hybridized carbons (Fsp3) is 0.357. The molecule has 0 aromatic carbocycles. The number of thiophene rings is 1. The molecule has 3 heterocycles. The Kier molecular flexibility index (Phi) is 5.27. The first kappa shape index (κ1) is 17.2. The molecule has 0 spiro atoms. The number of halogens is 2. The maximum atomic E-state index is 12.6. The second-order valence-electron chi connectivity index (χ2n) is 5.09. The van der Waals surface area contributed by atoms with E-state index in [0.29, 0.717) is 40.9 Å². The van der Waals surface area contributed by atoms with E-state index in [1.54, 1.807) is 24.4 Å². The molecule has 1 aliphatic rings. The molecule has 0 atom stereocenters. The number of hydrogen-bond donors (Lipinski definition) is 0. The van der Waals surface area contributed by atoms with Gasteiger partial charge in [-0.25, -0.2) is 8.42 Å². The van der Waals surface area contributed by atoms with Gasteiger partial charge < -0.3 is 4.74 Å². The first-order valence-electron chi connectivity index (χ1n) is 6.98. The van der Waals surface area contributed by atoms with Crippen LogP contribution >= 0.6 is 38.9 Å². The number of pyridine rings is 1. The fourth-order valence-corrected chi connectivity index (χ4v) is 6.19. The molecule has 2 aromatic rings. The third-order valence-corrected chi connectivity index (χ3v) is 7.85. The standard InChI is InChI=1S/C14H14BrClN2O3S2/c15-13-1-2-14(22-13)23(19,20)18-7-4-10(5-8-18)21-12-3-6-17-9-11(12)16/h1-3,6,9-10H,4-5,7-8H2. The number of piperidine rings is 1. The van der Waals surface area contributed by atoms with Gasteiger partial charge in [0.1, 0.15) is 21.1 Å². The van der Waals surface area contributed by atoms with Crippen LogP contribution in [-0.2, 0) is 10.0 Å². The maximum Gasteiger partial charge on any atom is 0.252 e. The van der Waals surface area contributed by atoms with E-state index in [0.717, 1.165) is 3.79 Å². The van der Waals surface area contributed by atoms with Crippen LogP contribution < -0.4 is 4.74 Å². The van der Waals surface area contributed by atoms with Crippen molar-refractivity contribution in [3.05, 3.63) is 39.4 Å². The number of ether oxygens (including phenoxy) is 1. The van der Waals surface area contributed by atoms with E-state index in [1.807, 2.05) is 0 Å². The molecule has 23 heavy (non-hydrogen) atoms. The second-order valence-corrected chi connectivity index (χ2v) is 10.1. The van der Waals surface area contributed by atoms with E-state index in [9.17, 15) is 8.42 Å². The third-order valence-electron chi connectivity index (χ3n) is 3.57. The molecule has 0 unspecified atom stereocenters. The number of aromatic nitrogens is 1. The predicted octanol–water partition coefficient (Wildman–Crippen LogP) is 3.79. The van der Waals surface area contributed by atoms with E-state index in [4.69, 9.17) is 16.3 Å². The van der Waals surface area contributed by atoms with Crippen LogP contribution in [0.15, 0.2) is 38.6 Å². The Balaban J connectivity index is 1.63. The van der Waals surface area contributed by atoms with Gasteiger partial charge in [-0.3, -0.25) is 4.98 Å². The van der Waals surface area contributed by atoms with E-state index < -0.39 is 10.0 Å². The number of rotatable bonds is 4. The molecule has 0 N–H and O–H groups in total. The lowest BCUT2D eigenvalue weighted by Crippen LogP contribution is -2.41. The molecule has 1 fully saturated rings. The summed E-state index contributed by atoms with van der Waals surface area (Å²) in [7, 11) is -3.42. The number of hydrogen-bond acceptors (Lipinski definition) is 5. The van der Waals surface area contributed by atoms with Crippen molar-refractivity contribution >= 4 is 48.9 Å². The van der Waals surface area contributed by atoms with Gasteiger partial charge >= 0.3 is 0 Å². The molecule has 1 aliphatic heterocycles. The van der Waals surface area contributed by atoms with Crippen molar-refractivity contribution in [3.8, 4) is 5.75 Å². The first-order valence-corrected chi connectivity index (χ1v) is 10.4. The van der Waals surface area contributed by atoms with E-state index in [-0.39, 0.29) is 6.10 Å². The van der Waals surface area contributed by atoms with Crippen molar-refractivity contribution in [2.45, 2.75) is 23.2 Å². The van der Waals surface area contributed by atoms with Crippen LogP contribution in [-0.4, -0.2) is 36.9 Å². The fourth-order valence-electron chi connectivity index (χ4n) is 2.39. The molecule has 2 aromatic heterocycles. The zero-order valence-corrected chi connectivity index (χ0v) is 16.0. The van der Waals surface area contributed by atoms with Crippen molar-refractivity contribution in [1.82, 2.24) is 9.29 Å². The Bertz CT molecular complexity index is 789. The summed E-state index contributed by atoms with van der Waals surface area (Å²) in [5.41, 5.74) is 0. The summed E-state index contributed by atoms with van der Waals surface area (Å²) in [6, 6.07) is 5.09. The molecule has 0 radical (unpaired) electrons. The Morgan fingerprint density at radius 1 is 1.30 bits per heavy atom. The summed E-state index contributed by atoms with van der Waals surface area (Å²) in [6.07, 6.45) is 4.37. The lowest BCUT2D eigenvalue weighted by molar-refractivity contribution is 0.135. The Hall–Kier alpha value is -0.670. The van der Waals surface area contributed by atoms with Crippen molar-refractivity contribution in [2.24, 2.45) is 0 Å². The van der Waals surface area contributed by atoms with Crippen molar-refractivity contribution in [3.63, 3.8) is 0 Å². The summed E-state index contributed by atoms with van der Waals surface area (Å²) in [5, 5.41) is 0.464. The van der Waals surface area contributed by atoms with E-state index >= 15 is 0 Å². The molecule has 3 rings (SSSR count). The van der Waals surface area contributed by atoms with Crippen LogP contribution in [0.4, 0.5) is 0 Å². The SMILES string of the molecule is O=S(=O)(c1ccc(Br)s1)N1CCC(Oc2ccncc2Cl)CC1. The second kappa shape index (κ2) is 7.06. The van der Waals surface area contributed by atoms with E-state index in [1.165, 1.54) is 21.8 Å². The highest BCUT2D eigenvalue weighted by molar-refractivity contribution is 9.11. The molecule has 0 bridgehead atoms. The van der Waals surface area contributed by atoms with Crippen molar-refractivity contribution < 1.29 is 13.2 Å². The topological polar surface area (TPSA) is 59.5 Å². The molecular weight excluding hydrogens is 424 g/mol. The molecular formula is C14H14BrClN2O3S2. The minimum absolute atomic E-state index is 0.0450. The average Bonchev–Trinajstić information content (AvgIpc) is 2.98. The molecule has 1 saturated heterocycles. The van der Waals surface area contributed by atoms with Crippen LogP contribution in [0.25, 0.3) is 0 Å². The van der Waals surface area contributed by atoms with Gasteiger partial charge in [0.2, 0.25) is 0 Å². The molecule has 0 saturated carbocycles. The Morgan fingerprint density at radius 2 is 2.04 bits per heavy atom. The van der Waals surface area contributed by atoms with Crippen LogP contribution in [0.3, 0.4) is 0 Å². The molecule has 9 heteroatoms. The van der Waals surface area contributed by atoms with Gasteiger partial charge in [0.05, 0.1) is 3.79 Å².